The van der Waals surface area contributed by atoms with E-state index in [1.54, 1.807) is 37.0 Å². The van der Waals surface area contributed by atoms with E-state index in [0.717, 1.165) is 36.2 Å². The Hall–Kier alpha value is -0.633. The largest absolute Gasteiger partial charge is 0.207 e. The summed E-state index contributed by atoms with van der Waals surface area (Å²) >= 11 is 0. The van der Waals surface area contributed by atoms with E-state index in [1.165, 1.54) is 63.4 Å². The SMILES string of the molecule is CCCC[Si@H]1CC[C@H]([C@H]2CC[C@H](CCCCc3ccc(CC)c(F)c3)CC2)CC1. The second-order valence-corrected chi connectivity index (χ2v) is 13.7. The smallest absolute Gasteiger partial charge is 0.126 e. The van der Waals surface area contributed by atoms with Gasteiger partial charge in [-0.15, -0.1) is 0 Å². The molecule has 1 aliphatic heterocycles. The van der Waals surface area contributed by atoms with Gasteiger partial charge in [0.25, 0.3) is 0 Å². The lowest BCUT2D eigenvalue weighted by Gasteiger charge is -2.37. The molecule has 0 atom stereocenters. The summed E-state index contributed by atoms with van der Waals surface area (Å²) in [4.78, 5) is 0. The van der Waals surface area contributed by atoms with Gasteiger partial charge in [0.15, 0.2) is 0 Å². The fourth-order valence-corrected chi connectivity index (χ4v) is 9.84. The number of benzene rings is 1. The topological polar surface area (TPSA) is 0 Å². The van der Waals surface area contributed by atoms with Crippen molar-refractivity contribution in [2.24, 2.45) is 17.8 Å². The minimum atomic E-state index is -0.326. The predicted octanol–water partition coefficient (Wildman–Crippen LogP) is 8.34. The van der Waals surface area contributed by atoms with Gasteiger partial charge in [-0.25, -0.2) is 4.39 Å². The van der Waals surface area contributed by atoms with E-state index >= 15 is 0 Å². The molecule has 0 N–H and O–H groups in total. The molecule has 2 aliphatic rings. The van der Waals surface area contributed by atoms with Crippen molar-refractivity contribution in [1.82, 2.24) is 0 Å². The Morgan fingerprint density at radius 1 is 0.897 bits per heavy atom. The Balaban J connectivity index is 1.28. The highest BCUT2D eigenvalue weighted by Crippen LogP contribution is 2.42. The van der Waals surface area contributed by atoms with Crippen LogP contribution in [0.25, 0.3) is 0 Å². The average molecular weight is 417 g/mol. The number of rotatable bonds is 10. The first kappa shape index (κ1) is 23.0. The summed E-state index contributed by atoms with van der Waals surface area (Å²) in [6.45, 7) is 4.37. The fourth-order valence-electron chi connectivity index (χ4n) is 6.18. The highest BCUT2D eigenvalue weighted by Gasteiger charge is 2.30. The van der Waals surface area contributed by atoms with Crippen molar-refractivity contribution in [1.29, 1.82) is 0 Å². The third kappa shape index (κ3) is 7.23. The van der Waals surface area contributed by atoms with Crippen LogP contribution in [0.4, 0.5) is 4.39 Å². The number of unbranched alkanes of at least 4 members (excludes halogenated alkanes) is 2. The number of hydrogen-bond donors (Lipinski definition) is 0. The molecule has 0 amide bonds. The van der Waals surface area contributed by atoms with Crippen molar-refractivity contribution in [2.45, 2.75) is 115 Å². The van der Waals surface area contributed by atoms with Crippen molar-refractivity contribution in [3.8, 4) is 0 Å². The van der Waals surface area contributed by atoms with Crippen LogP contribution in [0.3, 0.4) is 0 Å². The molecule has 1 heterocycles. The lowest BCUT2D eigenvalue weighted by Crippen LogP contribution is -2.28. The van der Waals surface area contributed by atoms with Crippen LogP contribution in [-0.4, -0.2) is 8.80 Å². The Labute approximate surface area is 181 Å². The van der Waals surface area contributed by atoms with Crippen LogP contribution in [0.2, 0.25) is 18.1 Å². The number of hydrogen-bond acceptors (Lipinski definition) is 0. The average Bonchev–Trinajstić information content (AvgIpc) is 2.76. The summed E-state index contributed by atoms with van der Waals surface area (Å²) < 4.78 is 13.9. The Morgan fingerprint density at radius 3 is 2.28 bits per heavy atom. The number of aryl methyl sites for hydroxylation is 2. The molecule has 29 heavy (non-hydrogen) atoms. The Kier molecular flexibility index (Phi) is 9.75. The third-order valence-electron chi connectivity index (χ3n) is 8.24. The van der Waals surface area contributed by atoms with Crippen molar-refractivity contribution in [2.75, 3.05) is 0 Å². The van der Waals surface area contributed by atoms with Crippen LogP contribution in [-0.2, 0) is 12.8 Å². The van der Waals surface area contributed by atoms with E-state index in [2.05, 4.69) is 13.0 Å². The minimum absolute atomic E-state index is 0.00890. The summed E-state index contributed by atoms with van der Waals surface area (Å²) in [6, 6.07) is 10.8. The van der Waals surface area contributed by atoms with Crippen LogP contribution in [0.1, 0.15) is 95.6 Å². The molecule has 0 bridgehead atoms. The first-order valence-corrected chi connectivity index (χ1v) is 15.4. The summed E-state index contributed by atoms with van der Waals surface area (Å²) in [6.07, 6.45) is 17.8. The second-order valence-electron chi connectivity index (χ2n) is 10.2. The molecule has 2 fully saturated rings. The molecule has 0 aromatic heterocycles. The van der Waals surface area contributed by atoms with Crippen molar-refractivity contribution in [3.63, 3.8) is 0 Å². The first-order chi connectivity index (χ1) is 14.2. The number of halogens is 1. The lowest BCUT2D eigenvalue weighted by atomic mass is 9.73. The minimum Gasteiger partial charge on any atom is -0.207 e. The molecule has 2 heteroatoms. The summed E-state index contributed by atoms with van der Waals surface area (Å²) in [5.41, 5.74) is 2.03. The van der Waals surface area contributed by atoms with Gasteiger partial charge >= 0.3 is 0 Å². The fraction of sp³-hybridized carbons (Fsp3) is 0.778. The van der Waals surface area contributed by atoms with Gasteiger partial charge in [0.2, 0.25) is 0 Å². The first-order valence-electron chi connectivity index (χ1n) is 13.0. The Morgan fingerprint density at radius 2 is 1.62 bits per heavy atom. The highest BCUT2D eigenvalue weighted by atomic mass is 28.3. The van der Waals surface area contributed by atoms with Gasteiger partial charge in [0.1, 0.15) is 5.82 Å². The highest BCUT2D eigenvalue weighted by molar-refractivity contribution is 6.58. The van der Waals surface area contributed by atoms with E-state index in [0.29, 0.717) is 0 Å². The Bertz CT molecular complexity index is 582. The zero-order valence-corrected chi connectivity index (χ0v) is 20.4. The monoisotopic (exact) mass is 416 g/mol. The van der Waals surface area contributed by atoms with Gasteiger partial charge in [-0.2, -0.15) is 0 Å². The zero-order valence-electron chi connectivity index (χ0n) is 19.2. The van der Waals surface area contributed by atoms with Crippen LogP contribution < -0.4 is 0 Å². The normalized spacial score (nSPS) is 27.8. The molecule has 164 valence electrons. The van der Waals surface area contributed by atoms with E-state index < -0.39 is 0 Å². The standard InChI is InChI=1S/C27H45FSi/c1-3-5-18-29-19-16-26(17-20-29)25-14-10-22(11-15-25)8-6-7-9-23-12-13-24(4-2)27(28)21-23/h12-13,21-22,25-26,29H,3-11,14-20H2,1-2H3/t22-,25-,26-,29-. The molecule has 0 radical (unpaired) electrons. The van der Waals surface area contributed by atoms with Crippen LogP contribution in [0, 0.1) is 23.6 Å². The van der Waals surface area contributed by atoms with Gasteiger partial charge in [-0.1, -0.05) is 95.5 Å². The third-order valence-corrected chi connectivity index (χ3v) is 11.8. The van der Waals surface area contributed by atoms with Crippen LogP contribution >= 0.6 is 0 Å². The van der Waals surface area contributed by atoms with Crippen molar-refractivity contribution in [3.05, 3.63) is 35.1 Å². The molecule has 1 saturated heterocycles. The van der Waals surface area contributed by atoms with Crippen molar-refractivity contribution < 1.29 is 4.39 Å². The molecule has 1 aromatic rings. The molecule has 3 rings (SSSR count). The molecule has 0 spiro atoms. The summed E-state index contributed by atoms with van der Waals surface area (Å²) in [5.74, 6) is 3.11. The van der Waals surface area contributed by atoms with E-state index in [9.17, 15) is 4.39 Å². The van der Waals surface area contributed by atoms with Gasteiger partial charge < -0.3 is 0 Å². The summed E-state index contributed by atoms with van der Waals surface area (Å²) in [5, 5.41) is 0. The molecular weight excluding hydrogens is 371 g/mol. The maximum atomic E-state index is 13.9. The quantitative estimate of drug-likeness (QED) is 0.265. The summed E-state index contributed by atoms with van der Waals surface area (Å²) in [7, 11) is -0.326. The molecular formula is C27H45FSi. The molecule has 1 saturated carbocycles. The van der Waals surface area contributed by atoms with Crippen LogP contribution in [0.5, 0.6) is 0 Å². The second kappa shape index (κ2) is 12.3. The van der Waals surface area contributed by atoms with Crippen LogP contribution in [0.15, 0.2) is 18.2 Å². The maximum absolute atomic E-state index is 13.9. The zero-order chi connectivity index (χ0) is 20.5. The maximum Gasteiger partial charge on any atom is 0.126 e. The molecule has 1 aliphatic carbocycles. The molecule has 0 nitrogen and oxygen atoms in total. The van der Waals surface area contributed by atoms with Gasteiger partial charge in [0.05, 0.1) is 0 Å². The lowest BCUT2D eigenvalue weighted by molar-refractivity contribution is 0.184. The van der Waals surface area contributed by atoms with E-state index in [4.69, 9.17) is 0 Å². The van der Waals surface area contributed by atoms with E-state index in [1.807, 2.05) is 13.0 Å². The molecule has 1 aromatic carbocycles. The predicted molar refractivity (Wildman–Crippen MR) is 128 cm³/mol. The molecule has 0 unspecified atom stereocenters. The van der Waals surface area contributed by atoms with Crippen molar-refractivity contribution >= 4 is 8.80 Å². The van der Waals surface area contributed by atoms with E-state index in [-0.39, 0.29) is 14.6 Å². The van der Waals surface area contributed by atoms with Gasteiger partial charge in [0, 0.05) is 8.80 Å². The van der Waals surface area contributed by atoms with Gasteiger partial charge in [-0.05, 0) is 67.1 Å². The van der Waals surface area contributed by atoms with Gasteiger partial charge in [-0.3, -0.25) is 0 Å².